The van der Waals surface area contributed by atoms with E-state index in [1.54, 1.807) is 18.5 Å². The number of aryl methyl sites for hydroxylation is 1. The Balaban J connectivity index is 1.64. The summed E-state index contributed by atoms with van der Waals surface area (Å²) in [5.74, 6) is -0.449. The molecule has 0 unspecified atom stereocenters. The number of thiophene rings is 1. The van der Waals surface area contributed by atoms with Crippen LogP contribution >= 0.6 is 11.3 Å². The third-order valence-corrected chi connectivity index (χ3v) is 6.53. The van der Waals surface area contributed by atoms with Gasteiger partial charge in [0.25, 0.3) is 0 Å². The first-order valence-corrected chi connectivity index (χ1v) is 11.6. The van der Waals surface area contributed by atoms with Crippen molar-refractivity contribution in [3.8, 4) is 0 Å². The Kier molecular flexibility index (Phi) is 7.22. The number of pyridine rings is 1. The van der Waals surface area contributed by atoms with Gasteiger partial charge in [-0.2, -0.15) is 26.3 Å². The molecule has 0 saturated heterocycles. The van der Waals surface area contributed by atoms with Gasteiger partial charge in [-0.15, -0.1) is 11.3 Å². The van der Waals surface area contributed by atoms with Crippen molar-refractivity contribution in [2.45, 2.75) is 19.3 Å². The van der Waals surface area contributed by atoms with E-state index < -0.39 is 29.4 Å². The van der Waals surface area contributed by atoms with Crippen LogP contribution in [0.1, 0.15) is 27.1 Å². The molecule has 0 aliphatic carbocycles. The van der Waals surface area contributed by atoms with E-state index in [2.05, 4.69) is 10.3 Å². The third kappa shape index (κ3) is 6.08. The number of allylic oxidation sites excluding steroid dienone is 2. The lowest BCUT2D eigenvalue weighted by molar-refractivity contribution is -0.138. The SMILES string of the molecule is Cc1sc2cnccc2c1NC(=O)/C=C/C=C(c1ccc(C(F)(F)F)cc1)c1ccc(C(F)(F)F)cc1. The van der Waals surface area contributed by atoms with Crippen molar-refractivity contribution in [1.29, 1.82) is 0 Å². The summed E-state index contributed by atoms with van der Waals surface area (Å²) < 4.78 is 78.9. The van der Waals surface area contributed by atoms with Crippen LogP contribution in [0.25, 0.3) is 15.7 Å². The number of alkyl halides is 6. The van der Waals surface area contributed by atoms with E-state index in [0.29, 0.717) is 22.4 Å². The average Bonchev–Trinajstić information content (AvgIpc) is 3.16. The van der Waals surface area contributed by atoms with Crippen LogP contribution in [0, 0.1) is 6.92 Å². The second-order valence-electron chi connectivity index (χ2n) is 7.98. The van der Waals surface area contributed by atoms with Crippen molar-refractivity contribution in [2.24, 2.45) is 0 Å². The minimum Gasteiger partial charge on any atom is -0.321 e. The van der Waals surface area contributed by atoms with E-state index in [0.717, 1.165) is 39.2 Å². The van der Waals surface area contributed by atoms with Crippen molar-refractivity contribution in [1.82, 2.24) is 4.98 Å². The van der Waals surface area contributed by atoms with Crippen LogP contribution < -0.4 is 5.32 Å². The Bertz CT molecular complexity index is 1420. The fourth-order valence-corrected chi connectivity index (χ4v) is 4.65. The molecule has 37 heavy (non-hydrogen) atoms. The average molecular weight is 533 g/mol. The number of benzene rings is 2. The maximum absolute atomic E-state index is 13.0. The van der Waals surface area contributed by atoms with Gasteiger partial charge in [-0.1, -0.05) is 36.4 Å². The number of hydrogen-bond acceptors (Lipinski definition) is 3. The van der Waals surface area contributed by atoms with Crippen LogP contribution in [0.4, 0.5) is 32.0 Å². The van der Waals surface area contributed by atoms with Crippen molar-refractivity contribution < 1.29 is 31.1 Å². The number of hydrogen-bond donors (Lipinski definition) is 1. The zero-order chi connectivity index (χ0) is 26.8. The quantitative estimate of drug-likeness (QED) is 0.160. The zero-order valence-electron chi connectivity index (χ0n) is 19.1. The van der Waals surface area contributed by atoms with E-state index in [4.69, 9.17) is 0 Å². The van der Waals surface area contributed by atoms with Crippen molar-refractivity contribution in [2.75, 3.05) is 5.32 Å². The molecule has 0 bridgehead atoms. The molecular formula is C27H18F6N2OS. The van der Waals surface area contributed by atoms with E-state index in [-0.39, 0.29) is 0 Å². The van der Waals surface area contributed by atoms with Gasteiger partial charge in [0.05, 0.1) is 21.5 Å². The van der Waals surface area contributed by atoms with Crippen molar-refractivity contribution in [3.63, 3.8) is 0 Å². The normalized spacial score (nSPS) is 12.2. The molecule has 190 valence electrons. The second-order valence-corrected chi connectivity index (χ2v) is 9.24. The number of nitrogens with one attached hydrogen (secondary N) is 1. The summed E-state index contributed by atoms with van der Waals surface area (Å²) in [5.41, 5.74) is -0.0468. The standard InChI is InChI=1S/C27H18F6N2OS/c1-16-25(22-13-14-34-15-23(22)37-16)35-24(36)4-2-3-21(17-5-9-19(10-6-17)26(28,29)30)18-7-11-20(12-8-18)27(31,32)33/h2-15H,1H3,(H,35,36)/b4-2+. The minimum absolute atomic E-state index is 0.338. The predicted molar refractivity (Wildman–Crippen MR) is 132 cm³/mol. The topological polar surface area (TPSA) is 42.0 Å². The van der Waals surface area contributed by atoms with Gasteiger partial charge in [0.1, 0.15) is 0 Å². The molecule has 0 saturated carbocycles. The van der Waals surface area contributed by atoms with Gasteiger partial charge in [0.2, 0.25) is 5.91 Å². The number of halogens is 6. The molecule has 10 heteroatoms. The Labute approximate surface area is 211 Å². The molecule has 4 aromatic rings. The van der Waals surface area contributed by atoms with Gasteiger partial charge < -0.3 is 5.32 Å². The molecule has 2 aromatic heterocycles. The van der Waals surface area contributed by atoms with Gasteiger partial charge in [0, 0.05) is 28.7 Å². The second kappa shape index (κ2) is 10.2. The molecule has 2 heterocycles. The Hall–Kier alpha value is -3.92. The monoisotopic (exact) mass is 532 g/mol. The highest BCUT2D eigenvalue weighted by molar-refractivity contribution is 7.19. The minimum atomic E-state index is -4.53. The van der Waals surface area contributed by atoms with E-state index in [1.165, 1.54) is 53.8 Å². The smallest absolute Gasteiger partial charge is 0.321 e. The molecule has 1 N–H and O–H groups in total. The van der Waals surface area contributed by atoms with Gasteiger partial charge in [-0.05, 0) is 54.0 Å². The summed E-state index contributed by atoms with van der Waals surface area (Å²) in [5, 5.41) is 3.65. The summed E-state index contributed by atoms with van der Waals surface area (Å²) in [6.45, 7) is 1.86. The lowest BCUT2D eigenvalue weighted by Crippen LogP contribution is -2.08. The van der Waals surface area contributed by atoms with Gasteiger partial charge >= 0.3 is 12.4 Å². The van der Waals surface area contributed by atoms with Gasteiger partial charge in [-0.3, -0.25) is 9.78 Å². The lowest BCUT2D eigenvalue weighted by atomic mass is 9.95. The fraction of sp³-hybridized carbons (Fsp3) is 0.111. The van der Waals surface area contributed by atoms with Gasteiger partial charge in [-0.25, -0.2) is 0 Å². The molecule has 0 atom stereocenters. The largest absolute Gasteiger partial charge is 0.416 e. The summed E-state index contributed by atoms with van der Waals surface area (Å²) in [7, 11) is 0. The Morgan fingerprint density at radius 2 is 1.41 bits per heavy atom. The third-order valence-electron chi connectivity index (χ3n) is 5.47. The zero-order valence-corrected chi connectivity index (χ0v) is 19.9. The summed E-state index contributed by atoms with van der Waals surface area (Å²) >= 11 is 1.48. The van der Waals surface area contributed by atoms with Gasteiger partial charge in [0.15, 0.2) is 0 Å². The number of rotatable bonds is 5. The molecule has 4 rings (SSSR count). The predicted octanol–water partition coefficient (Wildman–Crippen LogP) is 8.27. The van der Waals surface area contributed by atoms with E-state index in [9.17, 15) is 31.1 Å². The first-order chi connectivity index (χ1) is 17.4. The van der Waals surface area contributed by atoms with Crippen LogP contribution in [-0.4, -0.2) is 10.9 Å². The molecular weight excluding hydrogens is 514 g/mol. The maximum Gasteiger partial charge on any atom is 0.416 e. The van der Waals surface area contributed by atoms with Crippen molar-refractivity contribution in [3.05, 3.63) is 112 Å². The number of anilines is 1. The lowest BCUT2D eigenvalue weighted by Gasteiger charge is -2.12. The molecule has 0 radical (unpaired) electrons. The van der Waals surface area contributed by atoms with E-state index in [1.807, 2.05) is 6.92 Å². The van der Waals surface area contributed by atoms with Crippen LogP contribution in [0.2, 0.25) is 0 Å². The molecule has 0 aliphatic rings. The van der Waals surface area contributed by atoms with Crippen LogP contribution in [-0.2, 0) is 17.1 Å². The fourth-order valence-electron chi connectivity index (χ4n) is 3.66. The molecule has 3 nitrogen and oxygen atoms in total. The van der Waals surface area contributed by atoms with E-state index >= 15 is 0 Å². The molecule has 0 fully saturated rings. The molecule has 0 spiro atoms. The number of carbonyl (C=O) groups is 1. The number of nitrogens with zero attached hydrogens (tertiary/aromatic N) is 1. The first-order valence-electron chi connectivity index (χ1n) is 10.8. The Morgan fingerprint density at radius 3 is 1.92 bits per heavy atom. The Morgan fingerprint density at radius 1 is 0.865 bits per heavy atom. The maximum atomic E-state index is 13.0. The summed E-state index contributed by atoms with van der Waals surface area (Å²) in [6.07, 6.45) is -1.66. The number of fused-ring (bicyclic) bond motifs is 1. The number of amides is 1. The highest BCUT2D eigenvalue weighted by Crippen LogP contribution is 2.35. The molecule has 2 aromatic carbocycles. The number of aromatic nitrogens is 1. The molecule has 1 amide bonds. The van der Waals surface area contributed by atoms with Crippen LogP contribution in [0.5, 0.6) is 0 Å². The summed E-state index contributed by atoms with van der Waals surface area (Å²) in [6, 6.07) is 10.3. The highest BCUT2D eigenvalue weighted by atomic mass is 32.1. The molecule has 0 aliphatic heterocycles. The van der Waals surface area contributed by atoms with Crippen LogP contribution in [0.15, 0.2) is 85.2 Å². The summed E-state index contributed by atoms with van der Waals surface area (Å²) in [4.78, 5) is 17.5. The highest BCUT2D eigenvalue weighted by Gasteiger charge is 2.31. The number of carbonyl (C=O) groups excluding carboxylic acids is 1. The first kappa shape index (κ1) is 26.2. The van der Waals surface area contributed by atoms with Crippen LogP contribution in [0.3, 0.4) is 0 Å². The van der Waals surface area contributed by atoms with Crippen molar-refractivity contribution >= 4 is 38.6 Å².